The molecule has 0 saturated carbocycles. The number of pyridine rings is 1. The number of likely N-dealkylation sites (N-methyl/N-ethyl adjacent to an activating group) is 1. The monoisotopic (exact) mass is 276 g/mol. The Bertz CT molecular complexity index is 504. The van der Waals surface area contributed by atoms with Crippen molar-refractivity contribution in [2.45, 2.75) is 20.4 Å². The molecule has 2 amide bonds. The predicted octanol–water partition coefficient (Wildman–Crippen LogP) is 0.704. The standard InChI is InChI=1S/C14H20N4O2/c1-3-15-14-11(6-5-7-16-14)8-18-10-12(19)17(4-2)9-13(18)20/h5-7H,3-4,8-10H2,1-2H3,(H,15,16). The number of rotatable bonds is 5. The van der Waals surface area contributed by atoms with Crippen molar-refractivity contribution in [3.8, 4) is 0 Å². The van der Waals surface area contributed by atoms with E-state index in [2.05, 4.69) is 10.3 Å². The molecule has 0 unspecified atom stereocenters. The summed E-state index contributed by atoms with van der Waals surface area (Å²) in [5.41, 5.74) is 0.931. The molecule has 0 bridgehead atoms. The fourth-order valence-corrected chi connectivity index (χ4v) is 2.23. The third kappa shape index (κ3) is 3.07. The second-order valence-corrected chi connectivity index (χ2v) is 4.70. The summed E-state index contributed by atoms with van der Waals surface area (Å²) < 4.78 is 0. The molecule has 0 radical (unpaired) electrons. The summed E-state index contributed by atoms with van der Waals surface area (Å²) in [5.74, 6) is 0.756. The molecule has 6 heteroatoms. The molecule has 0 spiro atoms. The first-order valence-corrected chi connectivity index (χ1v) is 6.89. The molecule has 1 saturated heterocycles. The lowest BCUT2D eigenvalue weighted by Crippen LogP contribution is -2.53. The highest BCUT2D eigenvalue weighted by Gasteiger charge is 2.29. The van der Waals surface area contributed by atoms with E-state index in [-0.39, 0.29) is 24.9 Å². The summed E-state index contributed by atoms with van der Waals surface area (Å²) in [6.07, 6.45) is 1.71. The van der Waals surface area contributed by atoms with Gasteiger partial charge in [0.2, 0.25) is 11.8 Å². The van der Waals surface area contributed by atoms with Crippen LogP contribution in [0.15, 0.2) is 18.3 Å². The second-order valence-electron chi connectivity index (χ2n) is 4.70. The number of anilines is 1. The van der Waals surface area contributed by atoms with Gasteiger partial charge >= 0.3 is 0 Å². The Morgan fingerprint density at radius 3 is 2.60 bits per heavy atom. The summed E-state index contributed by atoms with van der Waals surface area (Å²) in [4.78, 5) is 31.4. The van der Waals surface area contributed by atoms with Crippen molar-refractivity contribution in [2.75, 3.05) is 31.5 Å². The summed E-state index contributed by atoms with van der Waals surface area (Å²) in [5, 5.41) is 3.17. The summed E-state index contributed by atoms with van der Waals surface area (Å²) in [7, 11) is 0. The largest absolute Gasteiger partial charge is 0.370 e. The number of hydrogen-bond acceptors (Lipinski definition) is 4. The SMILES string of the molecule is CCNc1ncccc1CN1CC(=O)N(CC)CC1=O. The van der Waals surface area contributed by atoms with Gasteiger partial charge in [-0.05, 0) is 19.9 Å². The Labute approximate surface area is 118 Å². The van der Waals surface area contributed by atoms with Crippen molar-refractivity contribution in [2.24, 2.45) is 0 Å². The summed E-state index contributed by atoms with van der Waals surface area (Å²) in [6, 6.07) is 3.76. The number of carbonyl (C=O) groups is 2. The molecule has 1 aromatic heterocycles. The van der Waals surface area contributed by atoms with E-state index < -0.39 is 0 Å². The number of aromatic nitrogens is 1. The van der Waals surface area contributed by atoms with Gasteiger partial charge in [0.15, 0.2) is 0 Å². The van der Waals surface area contributed by atoms with Gasteiger partial charge in [0.05, 0.1) is 6.54 Å². The number of hydrogen-bond donors (Lipinski definition) is 1. The van der Waals surface area contributed by atoms with E-state index in [1.807, 2.05) is 26.0 Å². The van der Waals surface area contributed by atoms with E-state index in [1.54, 1.807) is 16.0 Å². The van der Waals surface area contributed by atoms with Crippen molar-refractivity contribution in [3.63, 3.8) is 0 Å². The molecule has 1 fully saturated rings. The maximum atomic E-state index is 12.1. The van der Waals surface area contributed by atoms with Crippen LogP contribution in [0.25, 0.3) is 0 Å². The predicted molar refractivity (Wildman–Crippen MR) is 76.1 cm³/mol. The van der Waals surface area contributed by atoms with Crippen LogP contribution >= 0.6 is 0 Å². The molecule has 1 aliphatic rings. The van der Waals surface area contributed by atoms with Crippen LogP contribution in [0.5, 0.6) is 0 Å². The van der Waals surface area contributed by atoms with Gasteiger partial charge in [-0.2, -0.15) is 0 Å². The number of amides is 2. The molecule has 6 nitrogen and oxygen atoms in total. The molecule has 2 rings (SSSR count). The average molecular weight is 276 g/mol. The van der Waals surface area contributed by atoms with Gasteiger partial charge in [0, 0.05) is 31.4 Å². The molecule has 0 aromatic carbocycles. The molecule has 1 aromatic rings. The Hall–Kier alpha value is -2.11. The van der Waals surface area contributed by atoms with Gasteiger partial charge in [-0.15, -0.1) is 0 Å². The van der Waals surface area contributed by atoms with Crippen LogP contribution in [0.3, 0.4) is 0 Å². The molecule has 2 heterocycles. The van der Waals surface area contributed by atoms with Crippen LogP contribution < -0.4 is 5.32 Å². The second kappa shape index (κ2) is 6.36. The molecule has 108 valence electrons. The Balaban J connectivity index is 2.10. The Morgan fingerprint density at radius 1 is 1.20 bits per heavy atom. The van der Waals surface area contributed by atoms with E-state index >= 15 is 0 Å². The fourth-order valence-electron chi connectivity index (χ4n) is 2.23. The van der Waals surface area contributed by atoms with E-state index in [1.165, 1.54) is 0 Å². The van der Waals surface area contributed by atoms with Crippen LogP contribution in [0, 0.1) is 0 Å². The highest BCUT2D eigenvalue weighted by Crippen LogP contribution is 2.16. The molecule has 1 N–H and O–H groups in total. The number of carbonyl (C=O) groups excluding carboxylic acids is 2. The van der Waals surface area contributed by atoms with Gasteiger partial charge in [0.25, 0.3) is 0 Å². The van der Waals surface area contributed by atoms with Gasteiger partial charge in [-0.1, -0.05) is 6.07 Å². The van der Waals surface area contributed by atoms with E-state index in [0.717, 1.165) is 17.9 Å². The van der Waals surface area contributed by atoms with Crippen molar-refractivity contribution in [3.05, 3.63) is 23.9 Å². The molecular formula is C14H20N4O2. The van der Waals surface area contributed by atoms with Gasteiger partial charge < -0.3 is 15.1 Å². The molecule has 1 aliphatic heterocycles. The molecule has 20 heavy (non-hydrogen) atoms. The molecule has 0 aliphatic carbocycles. The Morgan fingerprint density at radius 2 is 1.90 bits per heavy atom. The Kier molecular flexibility index (Phi) is 4.55. The number of piperazine rings is 1. The van der Waals surface area contributed by atoms with Crippen molar-refractivity contribution < 1.29 is 9.59 Å². The zero-order chi connectivity index (χ0) is 14.5. The van der Waals surface area contributed by atoms with E-state index in [4.69, 9.17) is 0 Å². The first kappa shape index (κ1) is 14.3. The minimum Gasteiger partial charge on any atom is -0.370 e. The molecule has 0 atom stereocenters. The lowest BCUT2D eigenvalue weighted by Gasteiger charge is -2.33. The van der Waals surface area contributed by atoms with Crippen molar-refractivity contribution >= 4 is 17.6 Å². The normalized spacial score (nSPS) is 15.7. The highest BCUT2D eigenvalue weighted by molar-refractivity contribution is 5.92. The highest BCUT2D eigenvalue weighted by atomic mass is 16.2. The quantitative estimate of drug-likeness (QED) is 0.860. The summed E-state index contributed by atoms with van der Waals surface area (Å²) >= 11 is 0. The maximum Gasteiger partial charge on any atom is 0.242 e. The van der Waals surface area contributed by atoms with Gasteiger partial charge in [0.1, 0.15) is 12.4 Å². The first-order chi connectivity index (χ1) is 9.65. The topological polar surface area (TPSA) is 65.5 Å². The van der Waals surface area contributed by atoms with Crippen LogP contribution in [0.4, 0.5) is 5.82 Å². The van der Waals surface area contributed by atoms with Crippen LogP contribution in [0.2, 0.25) is 0 Å². The average Bonchev–Trinajstić information content (AvgIpc) is 2.45. The fraction of sp³-hybridized carbons (Fsp3) is 0.500. The zero-order valence-electron chi connectivity index (χ0n) is 11.9. The van der Waals surface area contributed by atoms with Crippen LogP contribution in [0.1, 0.15) is 19.4 Å². The minimum atomic E-state index is -0.0160. The number of nitrogens with one attached hydrogen (secondary N) is 1. The van der Waals surface area contributed by atoms with Crippen LogP contribution in [-0.4, -0.2) is 52.8 Å². The van der Waals surface area contributed by atoms with Crippen LogP contribution in [-0.2, 0) is 16.1 Å². The first-order valence-electron chi connectivity index (χ1n) is 6.89. The number of nitrogens with zero attached hydrogens (tertiary/aromatic N) is 3. The van der Waals surface area contributed by atoms with Crippen molar-refractivity contribution in [1.29, 1.82) is 0 Å². The molecular weight excluding hydrogens is 256 g/mol. The maximum absolute atomic E-state index is 12.1. The third-order valence-corrected chi connectivity index (χ3v) is 3.34. The van der Waals surface area contributed by atoms with Crippen molar-refractivity contribution in [1.82, 2.24) is 14.8 Å². The minimum absolute atomic E-state index is 0.000918. The van der Waals surface area contributed by atoms with E-state index in [0.29, 0.717) is 13.1 Å². The zero-order valence-corrected chi connectivity index (χ0v) is 11.9. The van der Waals surface area contributed by atoms with Gasteiger partial charge in [-0.25, -0.2) is 4.98 Å². The lowest BCUT2D eigenvalue weighted by atomic mass is 10.2. The third-order valence-electron chi connectivity index (χ3n) is 3.34. The smallest absolute Gasteiger partial charge is 0.242 e. The summed E-state index contributed by atoms with van der Waals surface area (Å²) in [6.45, 7) is 5.95. The van der Waals surface area contributed by atoms with Gasteiger partial charge in [-0.3, -0.25) is 9.59 Å². The lowest BCUT2D eigenvalue weighted by molar-refractivity contribution is -0.150. The van der Waals surface area contributed by atoms with E-state index in [9.17, 15) is 9.59 Å².